The molecule has 0 amide bonds. The SMILES string of the molecule is CCCCCCCCc1ccc(O)c(-c2cccc3[nH]nnc23)c1. The molecule has 4 nitrogen and oxygen atoms in total. The minimum atomic E-state index is 0.289. The number of unbranched alkanes of at least 4 members (excludes halogenated alkanes) is 5. The first-order chi connectivity index (χ1) is 11.8. The highest BCUT2D eigenvalue weighted by Gasteiger charge is 2.11. The Morgan fingerprint density at radius 2 is 1.79 bits per heavy atom. The Hall–Kier alpha value is -2.36. The molecule has 0 atom stereocenters. The highest BCUT2D eigenvalue weighted by atomic mass is 16.3. The lowest BCUT2D eigenvalue weighted by molar-refractivity contribution is 0.477. The Bertz CT molecular complexity index is 794. The maximum absolute atomic E-state index is 10.3. The molecule has 2 aromatic carbocycles. The molecule has 0 aliphatic rings. The van der Waals surface area contributed by atoms with Crippen molar-refractivity contribution in [1.82, 2.24) is 15.4 Å². The molecule has 0 aliphatic heterocycles. The van der Waals surface area contributed by atoms with Crippen molar-refractivity contribution in [1.29, 1.82) is 0 Å². The van der Waals surface area contributed by atoms with Crippen LogP contribution in [0.15, 0.2) is 36.4 Å². The van der Waals surface area contributed by atoms with E-state index in [0.29, 0.717) is 0 Å². The van der Waals surface area contributed by atoms with Crippen LogP contribution in [0.3, 0.4) is 0 Å². The lowest BCUT2D eigenvalue weighted by Crippen LogP contribution is -1.89. The van der Waals surface area contributed by atoms with Crippen LogP contribution >= 0.6 is 0 Å². The van der Waals surface area contributed by atoms with Crippen LogP contribution in [-0.4, -0.2) is 20.5 Å². The first kappa shape index (κ1) is 16.5. The summed E-state index contributed by atoms with van der Waals surface area (Å²) in [5, 5.41) is 21.2. The Morgan fingerprint density at radius 1 is 0.958 bits per heavy atom. The topological polar surface area (TPSA) is 61.8 Å². The molecule has 0 saturated heterocycles. The fourth-order valence-electron chi connectivity index (χ4n) is 3.15. The predicted octanol–water partition coefficient (Wildman–Crippen LogP) is 5.23. The highest BCUT2D eigenvalue weighted by molar-refractivity contribution is 5.93. The maximum atomic E-state index is 10.3. The van der Waals surface area contributed by atoms with Crippen LogP contribution in [0.1, 0.15) is 51.0 Å². The molecule has 0 unspecified atom stereocenters. The van der Waals surface area contributed by atoms with Crippen LogP contribution in [0, 0.1) is 0 Å². The van der Waals surface area contributed by atoms with E-state index in [0.717, 1.165) is 28.6 Å². The van der Waals surface area contributed by atoms with E-state index in [9.17, 15) is 5.11 Å². The average molecular weight is 323 g/mol. The van der Waals surface area contributed by atoms with Crippen LogP contribution in [0.5, 0.6) is 5.75 Å². The smallest absolute Gasteiger partial charge is 0.123 e. The number of hydrogen-bond acceptors (Lipinski definition) is 3. The van der Waals surface area contributed by atoms with Gasteiger partial charge in [-0.2, -0.15) is 0 Å². The summed E-state index contributed by atoms with van der Waals surface area (Å²) in [5.41, 5.74) is 4.69. The number of benzene rings is 2. The van der Waals surface area contributed by atoms with E-state index < -0.39 is 0 Å². The van der Waals surface area contributed by atoms with Crippen molar-refractivity contribution in [2.24, 2.45) is 0 Å². The van der Waals surface area contributed by atoms with Gasteiger partial charge in [0.2, 0.25) is 0 Å². The van der Waals surface area contributed by atoms with Gasteiger partial charge in [-0.05, 0) is 36.6 Å². The molecule has 0 radical (unpaired) electrons. The summed E-state index contributed by atoms with van der Waals surface area (Å²) in [5.74, 6) is 0.289. The zero-order valence-corrected chi connectivity index (χ0v) is 14.3. The lowest BCUT2D eigenvalue weighted by Gasteiger charge is -2.09. The van der Waals surface area contributed by atoms with Crippen LogP contribution in [-0.2, 0) is 6.42 Å². The molecule has 24 heavy (non-hydrogen) atoms. The van der Waals surface area contributed by atoms with Crippen LogP contribution < -0.4 is 0 Å². The molecule has 126 valence electrons. The van der Waals surface area contributed by atoms with Crippen LogP contribution in [0.4, 0.5) is 0 Å². The summed E-state index contributed by atoms with van der Waals surface area (Å²) in [6.45, 7) is 2.24. The number of nitrogens with one attached hydrogen (secondary N) is 1. The summed E-state index contributed by atoms with van der Waals surface area (Å²) in [6.07, 6.45) is 8.80. The van der Waals surface area contributed by atoms with Gasteiger partial charge in [-0.1, -0.05) is 62.4 Å². The van der Waals surface area contributed by atoms with Crippen molar-refractivity contribution < 1.29 is 5.11 Å². The zero-order valence-electron chi connectivity index (χ0n) is 14.3. The fraction of sp³-hybridized carbons (Fsp3) is 0.400. The summed E-state index contributed by atoms with van der Waals surface area (Å²) in [4.78, 5) is 0. The third kappa shape index (κ3) is 3.75. The van der Waals surface area contributed by atoms with E-state index in [-0.39, 0.29) is 5.75 Å². The Kier molecular flexibility index (Phi) is 5.47. The van der Waals surface area contributed by atoms with Gasteiger partial charge in [0.1, 0.15) is 11.3 Å². The molecule has 0 fully saturated rings. The van der Waals surface area contributed by atoms with Crippen LogP contribution in [0.25, 0.3) is 22.2 Å². The minimum absolute atomic E-state index is 0.289. The number of aromatic nitrogens is 3. The van der Waals surface area contributed by atoms with E-state index in [1.54, 1.807) is 6.07 Å². The summed E-state index contributed by atoms with van der Waals surface area (Å²) >= 11 is 0. The Morgan fingerprint density at radius 3 is 2.67 bits per heavy atom. The fourth-order valence-corrected chi connectivity index (χ4v) is 3.15. The van der Waals surface area contributed by atoms with Gasteiger partial charge in [0, 0.05) is 11.1 Å². The third-order valence-electron chi connectivity index (χ3n) is 4.53. The number of fused-ring (bicyclic) bond motifs is 1. The van der Waals surface area contributed by atoms with E-state index >= 15 is 0 Å². The van der Waals surface area contributed by atoms with Crippen LogP contribution in [0.2, 0.25) is 0 Å². The monoisotopic (exact) mass is 323 g/mol. The second-order valence-corrected chi connectivity index (χ2v) is 6.38. The molecule has 0 bridgehead atoms. The van der Waals surface area contributed by atoms with Gasteiger partial charge >= 0.3 is 0 Å². The number of hydrogen-bond donors (Lipinski definition) is 2. The number of aryl methyl sites for hydroxylation is 1. The third-order valence-corrected chi connectivity index (χ3v) is 4.53. The van der Waals surface area contributed by atoms with E-state index in [4.69, 9.17) is 0 Å². The molecule has 0 aliphatic carbocycles. The zero-order chi connectivity index (χ0) is 16.8. The van der Waals surface area contributed by atoms with Crippen molar-refractivity contribution in [3.8, 4) is 16.9 Å². The normalized spacial score (nSPS) is 11.2. The largest absolute Gasteiger partial charge is 0.507 e. The maximum Gasteiger partial charge on any atom is 0.123 e. The van der Waals surface area contributed by atoms with Gasteiger partial charge < -0.3 is 5.11 Å². The van der Waals surface area contributed by atoms with Gasteiger partial charge in [-0.3, -0.25) is 5.10 Å². The van der Waals surface area contributed by atoms with Gasteiger partial charge in [0.15, 0.2) is 0 Å². The molecule has 1 aromatic heterocycles. The van der Waals surface area contributed by atoms with Crippen molar-refractivity contribution in [3.63, 3.8) is 0 Å². The first-order valence-corrected chi connectivity index (χ1v) is 8.91. The van der Waals surface area contributed by atoms with Gasteiger partial charge in [-0.15, -0.1) is 5.10 Å². The number of aromatic hydroxyl groups is 1. The molecule has 1 heterocycles. The molecule has 2 N–H and O–H groups in total. The molecule has 3 rings (SSSR count). The second-order valence-electron chi connectivity index (χ2n) is 6.38. The second kappa shape index (κ2) is 7.95. The standard InChI is InChI=1S/C20H25N3O/c1-2-3-4-5-6-7-9-15-12-13-19(24)17(14-15)16-10-8-11-18-20(16)22-23-21-18/h8,10-14,24H,2-7,9H2,1H3,(H,21,22,23). The predicted molar refractivity (Wildman–Crippen MR) is 98.1 cm³/mol. The number of H-pyrrole nitrogens is 1. The van der Waals surface area contributed by atoms with E-state index in [2.05, 4.69) is 28.4 Å². The average Bonchev–Trinajstić information content (AvgIpc) is 3.08. The van der Waals surface area contributed by atoms with Gasteiger partial charge in [0.05, 0.1) is 5.52 Å². The summed E-state index contributed by atoms with van der Waals surface area (Å²) in [7, 11) is 0. The van der Waals surface area contributed by atoms with Crippen molar-refractivity contribution in [2.45, 2.75) is 51.9 Å². The molecule has 0 saturated carbocycles. The molecule has 0 spiro atoms. The number of rotatable bonds is 8. The van der Waals surface area contributed by atoms with Gasteiger partial charge in [-0.25, -0.2) is 0 Å². The van der Waals surface area contributed by atoms with Crippen molar-refractivity contribution in [2.75, 3.05) is 0 Å². The van der Waals surface area contributed by atoms with Crippen molar-refractivity contribution in [3.05, 3.63) is 42.0 Å². The molecular formula is C20H25N3O. The van der Waals surface area contributed by atoms with Crippen molar-refractivity contribution >= 4 is 11.0 Å². The Balaban J connectivity index is 1.74. The number of phenols is 1. The number of nitrogens with zero attached hydrogens (tertiary/aromatic N) is 2. The van der Waals surface area contributed by atoms with E-state index in [1.807, 2.05) is 24.3 Å². The summed E-state index contributed by atoms with van der Waals surface area (Å²) in [6, 6.07) is 11.8. The quantitative estimate of drug-likeness (QED) is 0.558. The van der Waals surface area contributed by atoms with E-state index in [1.165, 1.54) is 44.1 Å². The lowest BCUT2D eigenvalue weighted by atomic mass is 9.98. The van der Waals surface area contributed by atoms with Gasteiger partial charge in [0.25, 0.3) is 0 Å². The number of aromatic amines is 1. The Labute approximate surface area is 142 Å². The highest BCUT2D eigenvalue weighted by Crippen LogP contribution is 2.34. The first-order valence-electron chi connectivity index (χ1n) is 8.91. The number of phenolic OH excluding ortho intramolecular Hbond substituents is 1. The summed E-state index contributed by atoms with van der Waals surface area (Å²) < 4.78 is 0. The molecular weight excluding hydrogens is 298 g/mol. The molecule has 3 aromatic rings. The molecule has 4 heteroatoms. The minimum Gasteiger partial charge on any atom is -0.507 e.